The molecule has 6 aromatic rings. The summed E-state index contributed by atoms with van der Waals surface area (Å²) < 4.78 is 13.1. The Kier molecular flexibility index (Phi) is 8.52. The summed E-state index contributed by atoms with van der Waals surface area (Å²) in [7, 11) is -5.03. The number of hydrogen-bond donors (Lipinski definition) is 2. The molecular formula is C40H34NO6P. The van der Waals surface area contributed by atoms with E-state index < -0.39 is 19.0 Å². The van der Waals surface area contributed by atoms with E-state index in [4.69, 9.17) is 0 Å². The molecule has 0 saturated carbocycles. The van der Waals surface area contributed by atoms with Crippen molar-refractivity contribution in [2.45, 2.75) is 24.9 Å². The minimum atomic E-state index is -5.03. The molecule has 0 aliphatic carbocycles. The molecule has 240 valence electrons. The Labute approximate surface area is 278 Å². The van der Waals surface area contributed by atoms with Crippen LogP contribution in [-0.4, -0.2) is 45.2 Å². The molecule has 6 aromatic carbocycles. The third-order valence-corrected chi connectivity index (χ3v) is 10.7. The van der Waals surface area contributed by atoms with Crippen LogP contribution in [0.5, 0.6) is 0 Å². The number of piperidine rings is 1. The summed E-state index contributed by atoms with van der Waals surface area (Å²) in [5, 5.41) is 4.84. The van der Waals surface area contributed by atoms with E-state index in [9.17, 15) is 28.7 Å². The van der Waals surface area contributed by atoms with Gasteiger partial charge in [0.05, 0.1) is 5.56 Å². The Morgan fingerprint density at radius 2 is 1.23 bits per heavy atom. The molecule has 1 unspecified atom stereocenters. The summed E-state index contributed by atoms with van der Waals surface area (Å²) in [4.78, 5) is 64.7. The van der Waals surface area contributed by atoms with Gasteiger partial charge in [-0.1, -0.05) is 103 Å². The molecule has 2 N–H and O–H groups in total. The van der Waals surface area contributed by atoms with E-state index in [1.54, 1.807) is 41.3 Å². The molecular weight excluding hydrogens is 621 g/mol. The number of nitrogens with zero attached hydrogens (tertiary/aromatic N) is 1. The smallest absolute Gasteiger partial charge is 0.339 e. The predicted octanol–water partition coefficient (Wildman–Crippen LogP) is 8.37. The van der Waals surface area contributed by atoms with E-state index in [2.05, 4.69) is 0 Å². The van der Waals surface area contributed by atoms with E-state index in [1.165, 1.54) is 0 Å². The van der Waals surface area contributed by atoms with Gasteiger partial charge in [-0.2, -0.15) is 0 Å². The molecule has 1 heterocycles. The highest BCUT2D eigenvalue weighted by atomic mass is 31.2. The minimum Gasteiger partial charge on any atom is -0.339 e. The number of hydrogen-bond acceptors (Lipinski definition) is 4. The lowest BCUT2D eigenvalue weighted by Gasteiger charge is -2.32. The van der Waals surface area contributed by atoms with Crippen LogP contribution in [-0.2, 0) is 4.57 Å². The predicted molar refractivity (Wildman–Crippen MR) is 189 cm³/mol. The van der Waals surface area contributed by atoms with Gasteiger partial charge < -0.3 is 14.7 Å². The van der Waals surface area contributed by atoms with E-state index in [1.807, 2.05) is 84.9 Å². The maximum atomic E-state index is 14.4. The molecule has 1 aliphatic heterocycles. The van der Waals surface area contributed by atoms with Gasteiger partial charge in [-0.15, -0.1) is 0 Å². The molecule has 1 amide bonds. The zero-order chi connectivity index (χ0) is 33.4. The largest absolute Gasteiger partial charge is 0.340 e. The molecule has 1 aliphatic rings. The number of rotatable bonds is 8. The fourth-order valence-corrected chi connectivity index (χ4v) is 8.02. The Bertz CT molecular complexity index is 2260. The number of carbonyl (C=O) groups excluding carboxylic acids is 3. The number of fused-ring (bicyclic) bond motifs is 3. The Morgan fingerprint density at radius 3 is 1.90 bits per heavy atom. The minimum absolute atomic E-state index is 0.0198. The summed E-state index contributed by atoms with van der Waals surface area (Å²) in [5.74, 6) is -0.989. The van der Waals surface area contributed by atoms with Crippen molar-refractivity contribution in [3.05, 3.63) is 144 Å². The molecule has 48 heavy (non-hydrogen) atoms. The summed E-state index contributed by atoms with van der Waals surface area (Å²) in [6, 6.07) is 36.4. The molecule has 1 saturated heterocycles. The third-order valence-electron chi connectivity index (χ3n) is 9.53. The monoisotopic (exact) mass is 655 g/mol. The van der Waals surface area contributed by atoms with E-state index in [0.29, 0.717) is 48.7 Å². The second-order valence-corrected chi connectivity index (χ2v) is 14.3. The van der Waals surface area contributed by atoms with Gasteiger partial charge in [-0.25, -0.2) is 0 Å². The molecule has 1 atom stereocenters. The summed E-state index contributed by atoms with van der Waals surface area (Å²) in [5.41, 5.74) is -0.799. The van der Waals surface area contributed by atoms with Gasteiger partial charge in [0.1, 0.15) is 5.66 Å². The Hall–Kier alpha value is -4.94. The maximum Gasteiger partial charge on any atom is 0.340 e. The number of ketones is 2. The van der Waals surface area contributed by atoms with Gasteiger partial charge in [-0.3, -0.25) is 18.9 Å². The van der Waals surface area contributed by atoms with Crippen molar-refractivity contribution in [1.82, 2.24) is 4.90 Å². The van der Waals surface area contributed by atoms with Crippen molar-refractivity contribution in [2.75, 3.05) is 13.1 Å². The van der Waals surface area contributed by atoms with Crippen LogP contribution in [0.3, 0.4) is 0 Å². The number of amides is 1. The maximum absolute atomic E-state index is 14.4. The summed E-state index contributed by atoms with van der Waals surface area (Å²) in [6.45, 7) is 0.806. The van der Waals surface area contributed by atoms with Crippen LogP contribution in [0, 0.1) is 5.92 Å². The first kappa shape index (κ1) is 31.6. The van der Waals surface area contributed by atoms with Crippen molar-refractivity contribution in [1.29, 1.82) is 0 Å². The van der Waals surface area contributed by atoms with Crippen LogP contribution in [0.4, 0.5) is 0 Å². The highest BCUT2D eigenvalue weighted by Gasteiger charge is 2.40. The van der Waals surface area contributed by atoms with Crippen LogP contribution >= 0.6 is 7.60 Å². The van der Waals surface area contributed by atoms with Gasteiger partial charge >= 0.3 is 7.60 Å². The number of carbonyl (C=O) groups is 3. The van der Waals surface area contributed by atoms with Crippen LogP contribution in [0.25, 0.3) is 32.3 Å². The lowest BCUT2D eigenvalue weighted by atomic mass is 9.88. The Balaban J connectivity index is 1.16. The van der Waals surface area contributed by atoms with Crippen LogP contribution < -0.4 is 0 Å². The number of Topliss-reactive ketones (excluding diaryl/α,β-unsaturated/α-hetero) is 2. The second-order valence-electron chi connectivity index (χ2n) is 12.6. The molecule has 0 aromatic heterocycles. The van der Waals surface area contributed by atoms with E-state index in [0.717, 1.165) is 21.5 Å². The van der Waals surface area contributed by atoms with Gasteiger partial charge in [0.15, 0.2) is 11.6 Å². The van der Waals surface area contributed by atoms with Crippen LogP contribution in [0.2, 0.25) is 0 Å². The van der Waals surface area contributed by atoms with Crippen LogP contribution in [0.1, 0.15) is 61.6 Å². The SMILES string of the molecule is O=C(CC1CCN(C(=O)c2cc3ccccc3cc2C(=O)C(c2cccc3ccccc23)P(=O)(O)O)CC1)c1ccc2ccccc2c1. The fourth-order valence-electron chi connectivity index (χ4n) is 6.99. The third kappa shape index (κ3) is 6.20. The first-order valence-corrected chi connectivity index (χ1v) is 17.8. The fraction of sp³-hybridized carbons (Fsp3) is 0.175. The van der Waals surface area contributed by atoms with Crippen molar-refractivity contribution in [3.8, 4) is 0 Å². The molecule has 0 spiro atoms. The lowest BCUT2D eigenvalue weighted by molar-refractivity contribution is 0.0676. The molecule has 7 rings (SSSR count). The molecule has 0 radical (unpaired) electrons. The van der Waals surface area contributed by atoms with Gasteiger partial charge in [0.2, 0.25) is 0 Å². The number of likely N-dealkylation sites (tertiary alicyclic amines) is 1. The normalized spacial score (nSPS) is 14.8. The summed E-state index contributed by atoms with van der Waals surface area (Å²) in [6.07, 6.45) is 1.64. The molecule has 8 heteroatoms. The highest BCUT2D eigenvalue weighted by molar-refractivity contribution is 7.53. The van der Waals surface area contributed by atoms with Crippen molar-refractivity contribution in [3.63, 3.8) is 0 Å². The first-order valence-electron chi connectivity index (χ1n) is 16.1. The van der Waals surface area contributed by atoms with Gasteiger partial charge in [0, 0.05) is 30.6 Å². The standard InChI is InChI=1S/C40H34NO6P/c42-37(32-17-16-27-8-1-2-10-29(27)23-32)22-26-18-20-41(21-19-26)40(44)36-25-31-12-4-3-11-30(31)24-35(36)38(43)39(48(45,46)47)34-15-7-13-28-9-5-6-14-33(28)34/h1-17,23-26,39H,18-22H2,(H2,45,46,47). The van der Waals surface area contributed by atoms with Gasteiger partial charge in [0.25, 0.3) is 5.91 Å². The molecule has 7 nitrogen and oxygen atoms in total. The summed E-state index contributed by atoms with van der Waals surface area (Å²) >= 11 is 0. The average molecular weight is 656 g/mol. The second kappa shape index (κ2) is 12.9. The highest BCUT2D eigenvalue weighted by Crippen LogP contribution is 2.55. The van der Waals surface area contributed by atoms with E-state index >= 15 is 0 Å². The average Bonchev–Trinajstić information content (AvgIpc) is 3.10. The zero-order valence-electron chi connectivity index (χ0n) is 26.2. The van der Waals surface area contributed by atoms with Crippen LogP contribution in [0.15, 0.2) is 121 Å². The van der Waals surface area contributed by atoms with Crippen molar-refractivity contribution in [2.24, 2.45) is 5.92 Å². The molecule has 0 bridgehead atoms. The molecule has 1 fully saturated rings. The Morgan fingerprint density at radius 1 is 0.667 bits per heavy atom. The zero-order valence-corrected chi connectivity index (χ0v) is 27.1. The topological polar surface area (TPSA) is 112 Å². The number of benzene rings is 6. The van der Waals surface area contributed by atoms with Crippen molar-refractivity contribution >= 4 is 57.4 Å². The van der Waals surface area contributed by atoms with Crippen molar-refractivity contribution < 1.29 is 28.7 Å². The van der Waals surface area contributed by atoms with E-state index in [-0.39, 0.29) is 34.3 Å². The van der Waals surface area contributed by atoms with Gasteiger partial charge in [-0.05, 0) is 74.8 Å². The first-order chi connectivity index (χ1) is 23.2. The quantitative estimate of drug-likeness (QED) is 0.126. The lowest BCUT2D eigenvalue weighted by Crippen LogP contribution is -2.39.